The average Bonchev–Trinajstić information content (AvgIpc) is 2.89. The molecule has 0 atom stereocenters. The van der Waals surface area contributed by atoms with E-state index in [1.54, 1.807) is 36.4 Å². The molecule has 1 N–H and O–H groups in total. The van der Waals surface area contributed by atoms with Gasteiger partial charge in [-0.25, -0.2) is 4.79 Å². The van der Waals surface area contributed by atoms with Crippen LogP contribution in [0.2, 0.25) is 0 Å². The number of carboxylic acid groups (broad SMARTS) is 1. The van der Waals surface area contributed by atoms with Crippen molar-refractivity contribution in [2.45, 2.75) is 0 Å². The van der Waals surface area contributed by atoms with E-state index in [0.29, 0.717) is 41.1 Å². The Hall–Kier alpha value is -4.97. The predicted molar refractivity (Wildman–Crippen MR) is 130 cm³/mol. The number of carboxylic acids is 1. The van der Waals surface area contributed by atoms with E-state index in [4.69, 9.17) is 0 Å². The second kappa shape index (κ2) is 8.43. The molecule has 0 radical (unpaired) electrons. The third-order valence-corrected chi connectivity index (χ3v) is 6.36. The minimum Gasteiger partial charge on any atom is -0.478 e. The summed E-state index contributed by atoms with van der Waals surface area (Å²) >= 11 is 0. The summed E-state index contributed by atoms with van der Waals surface area (Å²) in [7, 11) is 0. The van der Waals surface area contributed by atoms with Crippen molar-refractivity contribution in [3.05, 3.63) is 94.5 Å². The molecule has 4 aromatic rings. The Morgan fingerprint density at radius 3 is 1.57 bits per heavy atom. The number of aldehydes is 4. The molecular weight excluding hydrogens is 444 g/mol. The van der Waals surface area contributed by atoms with Gasteiger partial charge in [-0.3, -0.25) is 19.2 Å². The Morgan fingerprint density at radius 1 is 0.514 bits per heavy atom. The van der Waals surface area contributed by atoms with Gasteiger partial charge in [-0.05, 0) is 27.8 Å². The van der Waals surface area contributed by atoms with Crippen LogP contribution in [0.15, 0.2) is 66.7 Å². The van der Waals surface area contributed by atoms with Gasteiger partial charge in [0.1, 0.15) is 0 Å². The zero-order valence-corrected chi connectivity index (χ0v) is 18.1. The Bertz CT molecular complexity index is 1600. The zero-order chi connectivity index (χ0) is 24.7. The van der Waals surface area contributed by atoms with Crippen LogP contribution in [-0.2, 0) is 0 Å². The zero-order valence-electron chi connectivity index (χ0n) is 18.1. The first-order valence-electron chi connectivity index (χ1n) is 10.7. The van der Waals surface area contributed by atoms with Crippen LogP contribution < -0.4 is 0 Å². The Labute approximate surface area is 199 Å². The Kier molecular flexibility index (Phi) is 5.26. The number of rotatable bonds is 5. The third-order valence-electron chi connectivity index (χ3n) is 6.36. The number of hydrogen-bond donors (Lipinski definition) is 1. The largest absolute Gasteiger partial charge is 0.478 e. The van der Waals surface area contributed by atoms with Crippen molar-refractivity contribution in [3.63, 3.8) is 0 Å². The van der Waals surface area contributed by atoms with Crippen molar-refractivity contribution in [2.75, 3.05) is 0 Å². The first-order valence-corrected chi connectivity index (χ1v) is 10.7. The van der Waals surface area contributed by atoms with Crippen LogP contribution in [0.4, 0.5) is 0 Å². The highest BCUT2D eigenvalue weighted by atomic mass is 16.4. The second-order valence-corrected chi connectivity index (χ2v) is 8.00. The molecule has 0 heterocycles. The summed E-state index contributed by atoms with van der Waals surface area (Å²) in [4.78, 5) is 61.5. The van der Waals surface area contributed by atoms with Gasteiger partial charge in [0.2, 0.25) is 0 Å². The molecule has 168 valence electrons. The first kappa shape index (κ1) is 21.9. The van der Waals surface area contributed by atoms with Gasteiger partial charge in [-0.1, -0.05) is 66.7 Å². The van der Waals surface area contributed by atoms with E-state index in [-0.39, 0.29) is 39.7 Å². The molecule has 0 saturated carbocycles. The summed E-state index contributed by atoms with van der Waals surface area (Å²) in [6, 6.07) is 19.6. The van der Waals surface area contributed by atoms with Crippen LogP contribution in [0.5, 0.6) is 0 Å². The van der Waals surface area contributed by atoms with Gasteiger partial charge < -0.3 is 5.11 Å². The highest BCUT2D eigenvalue weighted by molar-refractivity contribution is 6.20. The Morgan fingerprint density at radius 2 is 1.03 bits per heavy atom. The van der Waals surface area contributed by atoms with Gasteiger partial charge in [0, 0.05) is 38.9 Å². The van der Waals surface area contributed by atoms with Crippen LogP contribution in [0, 0.1) is 0 Å². The lowest BCUT2D eigenvalue weighted by Crippen LogP contribution is -2.15. The van der Waals surface area contributed by atoms with Gasteiger partial charge in [0.15, 0.2) is 25.1 Å². The molecule has 5 rings (SSSR count). The molecule has 6 heteroatoms. The van der Waals surface area contributed by atoms with Crippen LogP contribution in [0.3, 0.4) is 0 Å². The normalized spacial score (nSPS) is 11.0. The molecule has 0 bridgehead atoms. The number of fused-ring (bicyclic) bond motifs is 8. The maximum atomic E-state index is 12.6. The number of carbonyl (C=O) groups is 5. The predicted octanol–water partition coefficient (Wildman–Crippen LogP) is 5.62. The molecule has 0 amide bonds. The third kappa shape index (κ3) is 3.08. The molecule has 0 unspecified atom stereocenters. The van der Waals surface area contributed by atoms with Crippen LogP contribution >= 0.6 is 0 Å². The van der Waals surface area contributed by atoms with Crippen molar-refractivity contribution in [2.24, 2.45) is 0 Å². The SMILES string of the molecule is O=Cc1cccc2c1-c1c(C=O)c(C=O)c(C=O)c(C(=O)O)c1-c1ccccc1-c1ccccc1-2. The molecule has 0 spiro atoms. The van der Waals surface area contributed by atoms with Crippen molar-refractivity contribution >= 4 is 31.1 Å². The van der Waals surface area contributed by atoms with Gasteiger partial charge in [0.25, 0.3) is 0 Å². The Balaban J connectivity index is 2.20. The lowest BCUT2D eigenvalue weighted by atomic mass is 9.74. The summed E-state index contributed by atoms with van der Waals surface area (Å²) in [5.74, 6) is -1.43. The highest BCUT2D eigenvalue weighted by Gasteiger charge is 2.33. The van der Waals surface area contributed by atoms with Crippen LogP contribution in [0.25, 0.3) is 44.5 Å². The number of hydrogen-bond acceptors (Lipinski definition) is 5. The van der Waals surface area contributed by atoms with Gasteiger partial charge in [-0.2, -0.15) is 0 Å². The van der Waals surface area contributed by atoms with Crippen molar-refractivity contribution in [1.82, 2.24) is 0 Å². The fourth-order valence-electron chi connectivity index (χ4n) is 4.99. The van der Waals surface area contributed by atoms with Gasteiger partial charge >= 0.3 is 5.97 Å². The van der Waals surface area contributed by atoms with Crippen molar-refractivity contribution in [1.29, 1.82) is 0 Å². The molecule has 4 aromatic carbocycles. The van der Waals surface area contributed by atoms with E-state index in [9.17, 15) is 29.1 Å². The maximum Gasteiger partial charge on any atom is 0.337 e. The molecule has 0 aromatic heterocycles. The molecule has 0 aliphatic heterocycles. The summed E-state index contributed by atoms with van der Waals surface area (Å²) < 4.78 is 0. The summed E-state index contributed by atoms with van der Waals surface area (Å²) in [6.45, 7) is 0. The quantitative estimate of drug-likeness (QED) is 0.342. The monoisotopic (exact) mass is 460 g/mol. The topological polar surface area (TPSA) is 106 Å². The van der Waals surface area contributed by atoms with E-state index in [0.717, 1.165) is 11.1 Å². The molecule has 0 saturated heterocycles. The number of carbonyl (C=O) groups excluding carboxylic acids is 4. The van der Waals surface area contributed by atoms with E-state index in [1.165, 1.54) is 0 Å². The standard InChI is InChI=1S/C29H16O6/c30-12-16-6-5-11-20-18-8-2-1-7-17(18)19-9-3-4-10-21(19)26-27(25(16)20)23(14-32)22(13-31)24(15-33)28(26)29(34)35/h1-15H,(H,34,35). The second-order valence-electron chi connectivity index (χ2n) is 8.00. The summed E-state index contributed by atoms with van der Waals surface area (Å²) in [5, 5.41) is 10.3. The summed E-state index contributed by atoms with van der Waals surface area (Å²) in [6.07, 6.45) is 1.65. The van der Waals surface area contributed by atoms with E-state index >= 15 is 0 Å². The van der Waals surface area contributed by atoms with E-state index in [2.05, 4.69) is 0 Å². The highest BCUT2D eigenvalue weighted by Crippen LogP contribution is 2.51. The molecule has 0 fully saturated rings. The fourth-order valence-corrected chi connectivity index (χ4v) is 4.99. The molecule has 1 aliphatic rings. The lowest BCUT2D eigenvalue weighted by Gasteiger charge is -2.27. The van der Waals surface area contributed by atoms with Crippen molar-refractivity contribution in [3.8, 4) is 44.5 Å². The molecule has 35 heavy (non-hydrogen) atoms. The molecule has 1 aliphatic carbocycles. The molecular formula is C29H16O6. The van der Waals surface area contributed by atoms with Gasteiger partial charge in [-0.15, -0.1) is 0 Å². The maximum absolute atomic E-state index is 12.6. The van der Waals surface area contributed by atoms with E-state index < -0.39 is 11.5 Å². The number of benzene rings is 4. The van der Waals surface area contributed by atoms with Crippen molar-refractivity contribution < 1.29 is 29.1 Å². The minimum absolute atomic E-state index is 0.105. The first-order chi connectivity index (χ1) is 17.1. The van der Waals surface area contributed by atoms with Gasteiger partial charge in [0.05, 0.1) is 5.56 Å². The average molecular weight is 460 g/mol. The fraction of sp³-hybridized carbons (Fsp3) is 0. The smallest absolute Gasteiger partial charge is 0.337 e. The van der Waals surface area contributed by atoms with E-state index in [1.807, 2.05) is 30.3 Å². The summed E-state index contributed by atoms with van der Waals surface area (Å²) in [5.41, 5.74) is 2.80. The van der Waals surface area contributed by atoms with Crippen LogP contribution in [-0.4, -0.2) is 36.2 Å². The van der Waals surface area contributed by atoms with Crippen LogP contribution in [0.1, 0.15) is 51.8 Å². The minimum atomic E-state index is -1.43. The molecule has 6 nitrogen and oxygen atoms in total. The number of aromatic carboxylic acids is 1. The lowest BCUT2D eigenvalue weighted by molar-refractivity contribution is 0.0694.